The molecule has 0 bridgehead atoms. The minimum atomic E-state index is 0.812. The molecule has 41 heavy (non-hydrogen) atoms. The lowest BCUT2D eigenvalue weighted by molar-refractivity contribution is -0.687. The number of hydrogen-bond acceptors (Lipinski definition) is 2. The van der Waals surface area contributed by atoms with E-state index in [1.54, 1.807) is 0 Å². The predicted octanol–water partition coefficient (Wildman–Crippen LogP) is 4.87. The van der Waals surface area contributed by atoms with Crippen LogP contribution >= 0.6 is 0 Å². The van der Waals surface area contributed by atoms with Crippen molar-refractivity contribution in [3.63, 3.8) is 0 Å². The maximum atomic E-state index is 3.20. The minimum Gasteiger partial charge on any atom is -0.372 e. The average molecular weight is 536 g/mol. The van der Waals surface area contributed by atoms with Gasteiger partial charge in [-0.05, 0) is 41.0 Å². The van der Waals surface area contributed by atoms with Crippen LogP contribution in [0.4, 0.5) is 5.69 Å². The Bertz CT molecular complexity index is 1770. The lowest BCUT2D eigenvalue weighted by Gasteiger charge is -2.14. The van der Waals surface area contributed by atoms with E-state index in [9.17, 15) is 0 Å². The van der Waals surface area contributed by atoms with Gasteiger partial charge in [0.1, 0.15) is 24.6 Å². The highest BCUT2D eigenvalue weighted by Crippen LogP contribution is 2.19. The highest BCUT2D eigenvalue weighted by atomic mass is 15.2. The van der Waals surface area contributed by atoms with Gasteiger partial charge in [0.15, 0.2) is 24.8 Å². The molecule has 6 nitrogen and oxygen atoms in total. The monoisotopic (exact) mass is 535 g/mol. The number of nitrogens with zero attached hydrogens (tertiary/aromatic N) is 5. The molecule has 3 aromatic carbocycles. The summed E-state index contributed by atoms with van der Waals surface area (Å²) in [6.45, 7) is 1.67. The van der Waals surface area contributed by atoms with Crippen molar-refractivity contribution in [3.05, 3.63) is 165 Å². The van der Waals surface area contributed by atoms with E-state index < -0.39 is 0 Å². The lowest BCUT2D eigenvalue weighted by atomic mass is 10.1. The second-order valence-electron chi connectivity index (χ2n) is 10.1. The molecule has 0 aliphatic carbocycles. The first-order valence-corrected chi connectivity index (χ1v) is 13.8. The Morgan fingerprint density at radius 3 is 1.76 bits per heavy atom. The molecule has 1 aliphatic rings. The lowest BCUT2D eigenvalue weighted by Crippen LogP contribution is -2.31. The number of anilines is 1. The number of aromatic nitrogens is 4. The Hall–Kier alpha value is -5.49. The molecular formula is C35H31N6+3. The van der Waals surface area contributed by atoms with Crippen LogP contribution in [0.1, 0.15) is 5.56 Å². The second kappa shape index (κ2) is 10.9. The van der Waals surface area contributed by atoms with Gasteiger partial charge in [-0.1, -0.05) is 30.3 Å². The third-order valence-corrected chi connectivity index (χ3v) is 7.45. The van der Waals surface area contributed by atoms with Crippen LogP contribution in [-0.4, -0.2) is 11.2 Å². The second-order valence-corrected chi connectivity index (χ2v) is 10.1. The molecule has 0 saturated heterocycles. The summed E-state index contributed by atoms with van der Waals surface area (Å²) in [7, 11) is 0. The summed E-state index contributed by atoms with van der Waals surface area (Å²) in [5.74, 6) is 0. The van der Waals surface area contributed by atoms with Gasteiger partial charge in [0, 0.05) is 66.6 Å². The fraction of sp³-hybridized carbons (Fsp3) is 0.0571. The zero-order chi connectivity index (χ0) is 27.4. The first kappa shape index (κ1) is 24.5. The molecule has 0 spiro atoms. The van der Waals surface area contributed by atoms with E-state index in [-0.39, 0.29) is 0 Å². The molecular weight excluding hydrogens is 504 g/mol. The third-order valence-electron chi connectivity index (χ3n) is 7.45. The van der Waals surface area contributed by atoms with E-state index in [1.807, 2.05) is 6.20 Å². The molecule has 6 heteroatoms. The van der Waals surface area contributed by atoms with E-state index >= 15 is 0 Å². The van der Waals surface area contributed by atoms with Crippen molar-refractivity contribution < 1.29 is 13.7 Å². The summed E-state index contributed by atoms with van der Waals surface area (Å²) in [6, 6.07) is 36.4. The zero-order valence-electron chi connectivity index (χ0n) is 22.7. The molecule has 3 aromatic heterocycles. The molecule has 0 saturated carbocycles. The fourth-order valence-electron chi connectivity index (χ4n) is 5.15. The number of nitrogens with one attached hydrogen (secondary N) is 1. The fourth-order valence-corrected chi connectivity index (χ4v) is 5.15. The SMILES string of the molecule is C1=CN(c2ccc(-[n+]3ccc(-c4cc[n+](-c5ccc(-n6cc[n+](Cc7ccccc7)c6)cc5)cc4)cc3)cc2)CN1. The van der Waals surface area contributed by atoms with Crippen LogP contribution in [0.3, 0.4) is 0 Å². The largest absolute Gasteiger partial charge is 0.372 e. The van der Waals surface area contributed by atoms with E-state index in [4.69, 9.17) is 0 Å². The van der Waals surface area contributed by atoms with Crippen molar-refractivity contribution >= 4 is 5.69 Å². The summed E-state index contributed by atoms with van der Waals surface area (Å²) >= 11 is 0. The minimum absolute atomic E-state index is 0.812. The molecule has 4 heterocycles. The number of rotatable bonds is 7. The molecule has 1 aliphatic heterocycles. The van der Waals surface area contributed by atoms with Gasteiger partial charge in [0.2, 0.25) is 17.7 Å². The maximum absolute atomic E-state index is 3.20. The van der Waals surface area contributed by atoms with Crippen LogP contribution in [0.5, 0.6) is 0 Å². The molecule has 6 aromatic rings. The smallest absolute Gasteiger partial charge is 0.249 e. The van der Waals surface area contributed by atoms with Crippen molar-refractivity contribution in [2.75, 3.05) is 11.6 Å². The summed E-state index contributed by atoms with van der Waals surface area (Å²) in [6.07, 6.45) is 18.8. The standard InChI is InChI=1S/C35H30N6/c1-2-4-29(5-3-1)26-37-24-25-41(28-37)35-12-8-33(9-13-35)39-21-16-31(17-22-39)30-14-19-38(20-15-30)32-6-10-34(11-7-32)40-23-18-36-27-40/h1-25,28H,26-27H2/q+2/p+1. The quantitative estimate of drug-likeness (QED) is 0.296. The van der Waals surface area contributed by atoms with Crippen molar-refractivity contribution in [1.29, 1.82) is 0 Å². The number of pyridine rings is 2. The first-order valence-electron chi connectivity index (χ1n) is 13.8. The van der Waals surface area contributed by atoms with Crippen LogP contribution in [0.15, 0.2) is 159 Å². The van der Waals surface area contributed by atoms with Gasteiger partial charge in [-0.15, -0.1) is 0 Å². The van der Waals surface area contributed by atoms with Crippen molar-refractivity contribution in [1.82, 2.24) is 9.88 Å². The molecule has 1 N–H and O–H groups in total. The third kappa shape index (κ3) is 5.36. The predicted molar refractivity (Wildman–Crippen MR) is 160 cm³/mol. The van der Waals surface area contributed by atoms with E-state index in [1.165, 1.54) is 22.4 Å². The molecule has 0 fully saturated rings. The Labute approximate surface area is 239 Å². The molecule has 7 rings (SSSR count). The Morgan fingerprint density at radius 1 is 0.610 bits per heavy atom. The molecule has 0 amide bonds. The summed E-state index contributed by atoms with van der Waals surface area (Å²) in [5.41, 5.74) is 8.23. The van der Waals surface area contributed by atoms with Crippen LogP contribution in [0.2, 0.25) is 0 Å². The van der Waals surface area contributed by atoms with Crippen LogP contribution in [-0.2, 0) is 6.54 Å². The van der Waals surface area contributed by atoms with Crippen molar-refractivity contribution in [2.45, 2.75) is 6.54 Å². The van der Waals surface area contributed by atoms with E-state index in [0.29, 0.717) is 0 Å². The van der Waals surface area contributed by atoms with Gasteiger partial charge in [-0.3, -0.25) is 0 Å². The summed E-state index contributed by atoms with van der Waals surface area (Å²) < 4.78 is 8.64. The number of hydrogen-bond donors (Lipinski definition) is 1. The topological polar surface area (TPSA) is 31.8 Å². The number of benzene rings is 3. The maximum Gasteiger partial charge on any atom is 0.249 e. The van der Waals surface area contributed by atoms with Crippen molar-refractivity contribution in [2.24, 2.45) is 0 Å². The molecule has 0 radical (unpaired) electrons. The van der Waals surface area contributed by atoms with E-state index in [0.717, 1.165) is 30.3 Å². The molecule has 0 atom stereocenters. The Morgan fingerprint density at radius 2 is 1.20 bits per heavy atom. The zero-order valence-corrected chi connectivity index (χ0v) is 22.7. The van der Waals surface area contributed by atoms with Crippen LogP contribution in [0, 0.1) is 0 Å². The van der Waals surface area contributed by atoms with Crippen LogP contribution in [0.25, 0.3) is 28.2 Å². The highest BCUT2D eigenvalue weighted by Gasteiger charge is 2.13. The van der Waals surface area contributed by atoms with E-state index in [2.05, 4.69) is 181 Å². The van der Waals surface area contributed by atoms with Gasteiger partial charge in [-0.25, -0.2) is 9.13 Å². The van der Waals surface area contributed by atoms with Gasteiger partial charge in [0.25, 0.3) is 0 Å². The van der Waals surface area contributed by atoms with Crippen LogP contribution < -0.4 is 23.9 Å². The van der Waals surface area contributed by atoms with Gasteiger partial charge in [-0.2, -0.15) is 9.13 Å². The number of imidazole rings is 1. The first-order chi connectivity index (χ1) is 20.3. The average Bonchev–Trinajstić information content (AvgIpc) is 3.75. The Kier molecular flexibility index (Phi) is 6.55. The highest BCUT2D eigenvalue weighted by molar-refractivity contribution is 5.61. The molecule has 198 valence electrons. The van der Waals surface area contributed by atoms with Crippen molar-refractivity contribution in [3.8, 4) is 28.2 Å². The molecule has 0 unspecified atom stereocenters. The van der Waals surface area contributed by atoms with Gasteiger partial charge >= 0.3 is 0 Å². The Balaban J connectivity index is 1.01. The van der Waals surface area contributed by atoms with Gasteiger partial charge < -0.3 is 10.2 Å². The van der Waals surface area contributed by atoms with Gasteiger partial charge in [0.05, 0.1) is 6.67 Å². The summed E-state index contributed by atoms with van der Waals surface area (Å²) in [4.78, 5) is 2.18. The summed E-state index contributed by atoms with van der Waals surface area (Å²) in [5, 5.41) is 3.20. The normalized spacial score (nSPS) is 12.4.